The number of nitrogens with zero attached hydrogens (tertiary/aromatic N) is 5. The van der Waals surface area contributed by atoms with Crippen molar-refractivity contribution in [3.63, 3.8) is 0 Å². The van der Waals surface area contributed by atoms with Gasteiger partial charge in [0, 0.05) is 68.4 Å². The van der Waals surface area contributed by atoms with Gasteiger partial charge in [-0.15, -0.1) is 0 Å². The van der Waals surface area contributed by atoms with Gasteiger partial charge in [-0.2, -0.15) is 5.10 Å². The summed E-state index contributed by atoms with van der Waals surface area (Å²) in [5, 5.41) is 9.30. The van der Waals surface area contributed by atoms with Crippen molar-refractivity contribution >= 4 is 27.8 Å². The summed E-state index contributed by atoms with van der Waals surface area (Å²) in [6.45, 7) is 1.85. The summed E-state index contributed by atoms with van der Waals surface area (Å²) in [5.41, 5.74) is 6.87. The van der Waals surface area contributed by atoms with Crippen LogP contribution in [-0.4, -0.2) is 68.8 Å². The number of H-pyrrole nitrogens is 1. The van der Waals surface area contributed by atoms with Crippen LogP contribution in [0.1, 0.15) is 34.0 Å². The molecule has 3 aromatic heterocycles. The highest BCUT2D eigenvalue weighted by molar-refractivity contribution is 5.96. The fourth-order valence-corrected chi connectivity index (χ4v) is 5.63. The van der Waals surface area contributed by atoms with Crippen molar-refractivity contribution < 1.29 is 9.18 Å². The van der Waals surface area contributed by atoms with E-state index < -0.39 is 6.17 Å². The Hall–Kier alpha value is -4.04. The zero-order valence-corrected chi connectivity index (χ0v) is 21.9. The molecule has 2 aromatic carbocycles. The summed E-state index contributed by atoms with van der Waals surface area (Å²) in [6, 6.07) is 18.0. The number of pyridine rings is 1. The highest BCUT2D eigenvalue weighted by Gasteiger charge is 2.31. The molecule has 2 atom stereocenters. The number of amides is 1. The summed E-state index contributed by atoms with van der Waals surface area (Å²) in [5.74, 6) is -0.203. The molecule has 194 valence electrons. The second-order valence-electron chi connectivity index (χ2n) is 10.4. The summed E-state index contributed by atoms with van der Waals surface area (Å²) in [4.78, 5) is 20.6. The quantitative estimate of drug-likeness (QED) is 0.355. The minimum Gasteiger partial charge on any atom is -0.345 e. The molecule has 0 radical (unpaired) electrons. The summed E-state index contributed by atoms with van der Waals surface area (Å²) in [7, 11) is 5.50. The maximum Gasteiger partial charge on any atom is 0.253 e. The molecular weight excluding hydrogens is 479 g/mol. The average molecular weight is 511 g/mol. The number of halogens is 1. The third-order valence-corrected chi connectivity index (χ3v) is 7.78. The molecule has 0 saturated carbocycles. The second kappa shape index (κ2) is 9.68. The van der Waals surface area contributed by atoms with Crippen LogP contribution >= 0.6 is 0 Å². The van der Waals surface area contributed by atoms with Crippen LogP contribution < -0.4 is 0 Å². The zero-order chi connectivity index (χ0) is 26.4. The fourth-order valence-electron chi connectivity index (χ4n) is 5.63. The number of carbonyl (C=O) groups excluding carboxylic acids is 1. The molecule has 0 spiro atoms. The predicted octanol–water partition coefficient (Wildman–Crippen LogP) is 5.15. The monoisotopic (exact) mass is 510 g/mol. The molecule has 0 unspecified atom stereocenters. The molecule has 0 aliphatic carbocycles. The first-order chi connectivity index (χ1) is 18.4. The number of alkyl halides is 1. The van der Waals surface area contributed by atoms with Crippen LogP contribution in [0.3, 0.4) is 0 Å². The van der Waals surface area contributed by atoms with Gasteiger partial charge in [0.2, 0.25) is 0 Å². The van der Waals surface area contributed by atoms with Crippen LogP contribution in [0.25, 0.3) is 33.1 Å². The molecule has 1 fully saturated rings. The SMILES string of the molecule is CN(C)C(=O)c1ccc([C@H]2CCN(Cc3cc4c(-c5ccc6[nH]ncc6c5)ccnc4n3C)C[C@H]2F)cc1. The summed E-state index contributed by atoms with van der Waals surface area (Å²) in [6.07, 6.45) is 3.45. The third kappa shape index (κ3) is 4.35. The Labute approximate surface area is 220 Å². The molecule has 8 heteroatoms. The van der Waals surface area contributed by atoms with Crippen molar-refractivity contribution in [2.75, 3.05) is 27.2 Å². The van der Waals surface area contributed by atoms with Crippen molar-refractivity contribution in [1.82, 2.24) is 29.5 Å². The first-order valence-electron chi connectivity index (χ1n) is 12.9. The number of nitrogens with one attached hydrogen (secondary N) is 1. The number of fused-ring (bicyclic) bond motifs is 2. The van der Waals surface area contributed by atoms with Gasteiger partial charge in [-0.05, 0) is 66.1 Å². The van der Waals surface area contributed by atoms with Crippen molar-refractivity contribution in [3.8, 4) is 11.1 Å². The van der Waals surface area contributed by atoms with Crippen LogP contribution in [0.2, 0.25) is 0 Å². The van der Waals surface area contributed by atoms with E-state index in [0.717, 1.165) is 57.3 Å². The molecule has 6 rings (SSSR count). The minimum absolute atomic E-state index is 0.0437. The molecule has 1 aliphatic rings. The van der Waals surface area contributed by atoms with Gasteiger partial charge in [-0.25, -0.2) is 9.37 Å². The lowest BCUT2D eigenvalue weighted by Crippen LogP contribution is -2.40. The van der Waals surface area contributed by atoms with E-state index in [9.17, 15) is 4.79 Å². The van der Waals surface area contributed by atoms with E-state index in [0.29, 0.717) is 18.7 Å². The third-order valence-electron chi connectivity index (χ3n) is 7.78. The largest absolute Gasteiger partial charge is 0.345 e. The molecule has 5 aromatic rings. The van der Waals surface area contributed by atoms with Crippen molar-refractivity contribution in [1.29, 1.82) is 0 Å². The molecule has 7 nitrogen and oxygen atoms in total. The number of aromatic nitrogens is 4. The van der Waals surface area contributed by atoms with Gasteiger partial charge in [0.25, 0.3) is 5.91 Å². The number of aryl methyl sites for hydroxylation is 1. The number of hydrogen-bond donors (Lipinski definition) is 1. The van der Waals surface area contributed by atoms with Gasteiger partial charge in [0.05, 0.1) is 11.7 Å². The maximum absolute atomic E-state index is 15.4. The number of aromatic amines is 1. The first kappa shape index (κ1) is 24.3. The lowest BCUT2D eigenvalue weighted by atomic mass is 9.87. The minimum atomic E-state index is -0.968. The molecule has 38 heavy (non-hydrogen) atoms. The van der Waals surface area contributed by atoms with Crippen LogP contribution in [0.4, 0.5) is 4.39 Å². The predicted molar refractivity (Wildman–Crippen MR) is 148 cm³/mol. The summed E-state index contributed by atoms with van der Waals surface area (Å²) < 4.78 is 17.5. The molecule has 0 bridgehead atoms. The van der Waals surface area contributed by atoms with Crippen LogP contribution in [0, 0.1) is 0 Å². The zero-order valence-electron chi connectivity index (χ0n) is 21.9. The van der Waals surface area contributed by atoms with Gasteiger partial charge in [0.1, 0.15) is 11.8 Å². The Morgan fingerprint density at radius 2 is 1.95 bits per heavy atom. The van der Waals surface area contributed by atoms with E-state index in [1.165, 1.54) is 0 Å². The Balaban J connectivity index is 1.20. The Bertz CT molecular complexity index is 1620. The van der Waals surface area contributed by atoms with Crippen LogP contribution in [-0.2, 0) is 13.6 Å². The average Bonchev–Trinajstić information content (AvgIpc) is 3.52. The highest BCUT2D eigenvalue weighted by Crippen LogP contribution is 2.34. The van der Waals surface area contributed by atoms with Gasteiger partial charge < -0.3 is 9.47 Å². The van der Waals surface area contributed by atoms with E-state index >= 15 is 4.39 Å². The van der Waals surface area contributed by atoms with Crippen molar-refractivity contribution in [2.24, 2.45) is 7.05 Å². The Morgan fingerprint density at radius 3 is 2.71 bits per heavy atom. The lowest BCUT2D eigenvalue weighted by molar-refractivity contribution is 0.0827. The molecule has 1 aliphatic heterocycles. The van der Waals surface area contributed by atoms with Gasteiger partial charge >= 0.3 is 0 Å². The highest BCUT2D eigenvalue weighted by atomic mass is 19.1. The number of likely N-dealkylation sites (tertiary alicyclic amines) is 1. The maximum atomic E-state index is 15.4. The number of rotatable bonds is 5. The second-order valence-corrected chi connectivity index (χ2v) is 10.4. The molecule has 4 heterocycles. The van der Waals surface area contributed by atoms with Crippen molar-refractivity contribution in [2.45, 2.75) is 25.1 Å². The van der Waals surface area contributed by atoms with Crippen LogP contribution in [0.5, 0.6) is 0 Å². The molecule has 1 saturated heterocycles. The Morgan fingerprint density at radius 1 is 1.13 bits per heavy atom. The molecule has 1 N–H and O–H groups in total. The van der Waals surface area contributed by atoms with E-state index in [-0.39, 0.29) is 11.8 Å². The first-order valence-corrected chi connectivity index (χ1v) is 12.9. The van der Waals surface area contributed by atoms with Gasteiger partial charge in [0.15, 0.2) is 0 Å². The fraction of sp³-hybridized carbons (Fsp3) is 0.300. The Kier molecular flexibility index (Phi) is 6.19. The standard InChI is InChI=1S/C30H31FN6O/c1-35(2)30(38)20-6-4-19(5-7-20)25-11-13-37(18-27(25)31)17-23-15-26-24(10-12-32-29(26)36(23)3)21-8-9-28-22(14-21)16-33-34-28/h4-10,12,14-16,25,27H,11,13,17-18H2,1-3H3,(H,33,34)/t25-,27-/m1/s1. The van der Waals surface area contributed by atoms with E-state index in [4.69, 9.17) is 0 Å². The van der Waals surface area contributed by atoms with E-state index in [1.54, 1.807) is 31.1 Å². The number of piperidine rings is 1. The van der Waals surface area contributed by atoms with Gasteiger partial charge in [-0.3, -0.25) is 14.8 Å². The molecule has 1 amide bonds. The van der Waals surface area contributed by atoms with E-state index in [1.807, 2.05) is 43.7 Å². The smallest absolute Gasteiger partial charge is 0.253 e. The topological polar surface area (TPSA) is 70.1 Å². The number of carbonyl (C=O) groups is 1. The summed E-state index contributed by atoms with van der Waals surface area (Å²) >= 11 is 0. The van der Waals surface area contributed by atoms with Gasteiger partial charge in [-0.1, -0.05) is 18.2 Å². The normalized spacial score (nSPS) is 18.3. The number of hydrogen-bond acceptors (Lipinski definition) is 4. The number of benzene rings is 2. The van der Waals surface area contributed by atoms with E-state index in [2.05, 4.69) is 42.8 Å². The van der Waals surface area contributed by atoms with Crippen molar-refractivity contribution in [3.05, 3.63) is 83.8 Å². The lowest BCUT2D eigenvalue weighted by Gasteiger charge is -2.35. The molecular formula is C30H31FN6O. The van der Waals surface area contributed by atoms with Crippen LogP contribution in [0.15, 0.2) is 67.0 Å².